The van der Waals surface area contributed by atoms with Gasteiger partial charge in [-0.05, 0) is 48.0 Å². The van der Waals surface area contributed by atoms with Gasteiger partial charge in [-0.3, -0.25) is 4.72 Å². The SMILES string of the molecule is CC(C)n1nccc1NS(=O)(=O)c1ccc(Br)c(N)c1. The van der Waals surface area contributed by atoms with E-state index in [9.17, 15) is 8.42 Å². The zero-order valence-corrected chi connectivity index (χ0v) is 13.4. The molecule has 1 heterocycles. The number of sulfonamides is 1. The van der Waals surface area contributed by atoms with Gasteiger partial charge in [-0.1, -0.05) is 0 Å². The van der Waals surface area contributed by atoms with Gasteiger partial charge in [0.1, 0.15) is 5.82 Å². The summed E-state index contributed by atoms with van der Waals surface area (Å²) in [5, 5.41) is 4.08. The quantitative estimate of drug-likeness (QED) is 0.821. The Kier molecular flexibility index (Phi) is 4.05. The van der Waals surface area contributed by atoms with E-state index >= 15 is 0 Å². The minimum absolute atomic E-state index is 0.0534. The summed E-state index contributed by atoms with van der Waals surface area (Å²) in [5.41, 5.74) is 6.08. The Morgan fingerprint density at radius 3 is 2.65 bits per heavy atom. The first-order valence-corrected chi connectivity index (χ1v) is 8.20. The van der Waals surface area contributed by atoms with Gasteiger partial charge in [-0.2, -0.15) is 5.10 Å². The normalized spacial score (nSPS) is 11.8. The summed E-state index contributed by atoms with van der Waals surface area (Å²) < 4.78 is 29.4. The maximum absolute atomic E-state index is 12.3. The molecule has 1 aromatic heterocycles. The van der Waals surface area contributed by atoms with E-state index < -0.39 is 10.0 Å². The van der Waals surface area contributed by atoms with Crippen LogP contribution in [0.15, 0.2) is 39.8 Å². The lowest BCUT2D eigenvalue weighted by Crippen LogP contribution is -2.17. The molecule has 0 aliphatic rings. The summed E-state index contributed by atoms with van der Waals surface area (Å²) in [4.78, 5) is 0.106. The zero-order chi connectivity index (χ0) is 14.9. The molecule has 6 nitrogen and oxygen atoms in total. The lowest BCUT2D eigenvalue weighted by molar-refractivity contribution is 0.539. The van der Waals surface area contributed by atoms with Crippen LogP contribution in [-0.2, 0) is 10.0 Å². The van der Waals surface area contributed by atoms with Crippen LogP contribution in [0.2, 0.25) is 0 Å². The summed E-state index contributed by atoms with van der Waals surface area (Å²) in [6.07, 6.45) is 1.55. The molecule has 0 bridgehead atoms. The van der Waals surface area contributed by atoms with Crippen LogP contribution in [0.4, 0.5) is 11.5 Å². The number of aromatic nitrogens is 2. The van der Waals surface area contributed by atoms with Gasteiger partial charge in [0.05, 0.1) is 11.1 Å². The number of anilines is 2. The maximum atomic E-state index is 12.3. The second-order valence-electron chi connectivity index (χ2n) is 4.54. The summed E-state index contributed by atoms with van der Waals surface area (Å²) >= 11 is 3.23. The van der Waals surface area contributed by atoms with E-state index in [-0.39, 0.29) is 10.9 Å². The number of nitrogen functional groups attached to an aromatic ring is 1. The molecule has 1 aromatic carbocycles. The van der Waals surface area contributed by atoms with E-state index in [4.69, 9.17) is 5.73 Å². The van der Waals surface area contributed by atoms with Gasteiger partial charge in [-0.25, -0.2) is 13.1 Å². The van der Waals surface area contributed by atoms with E-state index in [1.54, 1.807) is 23.0 Å². The van der Waals surface area contributed by atoms with Gasteiger partial charge in [-0.15, -0.1) is 0 Å². The number of hydrogen-bond acceptors (Lipinski definition) is 4. The van der Waals surface area contributed by atoms with Crippen LogP contribution in [0.25, 0.3) is 0 Å². The third-order valence-corrected chi connectivity index (χ3v) is 4.75. The summed E-state index contributed by atoms with van der Waals surface area (Å²) in [6, 6.07) is 6.16. The summed E-state index contributed by atoms with van der Waals surface area (Å²) in [7, 11) is -3.69. The highest BCUT2D eigenvalue weighted by molar-refractivity contribution is 9.10. The van der Waals surface area contributed by atoms with Crippen LogP contribution in [-0.4, -0.2) is 18.2 Å². The molecule has 0 aliphatic carbocycles. The fraction of sp³-hybridized carbons (Fsp3) is 0.250. The largest absolute Gasteiger partial charge is 0.398 e. The van der Waals surface area contributed by atoms with Gasteiger partial charge in [0, 0.05) is 22.3 Å². The summed E-state index contributed by atoms with van der Waals surface area (Å²) in [6.45, 7) is 3.84. The lowest BCUT2D eigenvalue weighted by atomic mass is 10.3. The van der Waals surface area contributed by atoms with Crippen molar-refractivity contribution in [2.45, 2.75) is 24.8 Å². The molecule has 0 amide bonds. The number of nitrogens with two attached hydrogens (primary N) is 1. The molecule has 2 rings (SSSR count). The van der Waals surface area contributed by atoms with Crippen molar-refractivity contribution in [3.05, 3.63) is 34.9 Å². The van der Waals surface area contributed by atoms with Crippen LogP contribution in [0, 0.1) is 0 Å². The Hall–Kier alpha value is -1.54. The average Bonchev–Trinajstić information content (AvgIpc) is 2.80. The molecule has 0 radical (unpaired) electrons. The number of hydrogen-bond donors (Lipinski definition) is 2. The van der Waals surface area contributed by atoms with Gasteiger partial charge in [0.15, 0.2) is 0 Å². The molecule has 0 spiro atoms. The predicted molar refractivity (Wildman–Crippen MR) is 82.0 cm³/mol. The first-order valence-electron chi connectivity index (χ1n) is 5.92. The van der Waals surface area contributed by atoms with Crippen LogP contribution in [0.3, 0.4) is 0 Å². The van der Waals surface area contributed by atoms with Crippen molar-refractivity contribution >= 4 is 37.5 Å². The Labute approximate surface area is 126 Å². The Balaban J connectivity index is 2.36. The minimum atomic E-state index is -3.69. The van der Waals surface area contributed by atoms with Crippen molar-refractivity contribution in [2.24, 2.45) is 0 Å². The van der Waals surface area contributed by atoms with Crippen LogP contribution < -0.4 is 10.5 Å². The zero-order valence-electron chi connectivity index (χ0n) is 11.0. The van der Waals surface area contributed by atoms with E-state index in [0.717, 1.165) is 0 Å². The van der Waals surface area contributed by atoms with Crippen molar-refractivity contribution < 1.29 is 8.42 Å². The third kappa shape index (κ3) is 2.96. The second kappa shape index (κ2) is 5.45. The molecule has 0 atom stereocenters. The highest BCUT2D eigenvalue weighted by atomic mass is 79.9. The molecule has 2 aromatic rings. The Bertz CT molecular complexity index is 725. The number of benzene rings is 1. The van der Waals surface area contributed by atoms with Crippen molar-refractivity contribution in [1.82, 2.24) is 9.78 Å². The van der Waals surface area contributed by atoms with Crippen molar-refractivity contribution in [3.8, 4) is 0 Å². The standard InChI is InChI=1S/C12H15BrN4O2S/c1-8(2)17-12(5-6-15-17)16-20(18,19)9-3-4-10(13)11(14)7-9/h3-8,16H,14H2,1-2H3. The highest BCUT2D eigenvalue weighted by Crippen LogP contribution is 2.24. The Morgan fingerprint density at radius 2 is 2.05 bits per heavy atom. The molecule has 0 saturated heterocycles. The van der Waals surface area contributed by atoms with E-state index in [1.807, 2.05) is 13.8 Å². The maximum Gasteiger partial charge on any atom is 0.263 e. The first-order chi connectivity index (χ1) is 9.31. The van der Waals surface area contributed by atoms with Gasteiger partial charge in [0.2, 0.25) is 0 Å². The smallest absolute Gasteiger partial charge is 0.263 e. The number of halogens is 1. The summed E-state index contributed by atoms with van der Waals surface area (Å²) in [5.74, 6) is 0.418. The molecule has 8 heteroatoms. The Morgan fingerprint density at radius 1 is 1.35 bits per heavy atom. The molecule has 0 unspecified atom stereocenters. The fourth-order valence-electron chi connectivity index (χ4n) is 1.69. The molecule has 0 saturated carbocycles. The number of nitrogens with zero attached hydrogens (tertiary/aromatic N) is 2. The topological polar surface area (TPSA) is 90.0 Å². The van der Waals surface area contributed by atoms with Gasteiger partial charge >= 0.3 is 0 Å². The van der Waals surface area contributed by atoms with Crippen LogP contribution in [0.5, 0.6) is 0 Å². The highest BCUT2D eigenvalue weighted by Gasteiger charge is 2.18. The molecule has 0 aliphatic heterocycles. The van der Waals surface area contributed by atoms with Crippen LogP contribution in [0.1, 0.15) is 19.9 Å². The lowest BCUT2D eigenvalue weighted by Gasteiger charge is -2.13. The average molecular weight is 359 g/mol. The number of rotatable bonds is 4. The van der Waals surface area contributed by atoms with Crippen molar-refractivity contribution in [2.75, 3.05) is 10.5 Å². The molecular formula is C12H15BrN4O2S. The molecule has 0 fully saturated rings. The van der Waals surface area contributed by atoms with Crippen molar-refractivity contribution in [1.29, 1.82) is 0 Å². The minimum Gasteiger partial charge on any atom is -0.398 e. The first kappa shape index (κ1) is 14.9. The monoisotopic (exact) mass is 358 g/mol. The van der Waals surface area contributed by atoms with Gasteiger partial charge in [0.25, 0.3) is 10.0 Å². The second-order valence-corrected chi connectivity index (χ2v) is 7.08. The van der Waals surface area contributed by atoms with E-state index in [0.29, 0.717) is 16.0 Å². The van der Waals surface area contributed by atoms with E-state index in [2.05, 4.69) is 25.8 Å². The third-order valence-electron chi connectivity index (χ3n) is 2.68. The predicted octanol–water partition coefficient (Wildman–Crippen LogP) is 2.61. The van der Waals surface area contributed by atoms with E-state index in [1.165, 1.54) is 12.1 Å². The molecule has 108 valence electrons. The fourth-order valence-corrected chi connectivity index (χ4v) is 3.02. The number of nitrogens with one attached hydrogen (secondary N) is 1. The molecular weight excluding hydrogens is 344 g/mol. The van der Waals surface area contributed by atoms with Gasteiger partial charge < -0.3 is 5.73 Å². The molecule has 3 N–H and O–H groups in total. The van der Waals surface area contributed by atoms with Crippen molar-refractivity contribution in [3.63, 3.8) is 0 Å². The molecule has 20 heavy (non-hydrogen) atoms. The van der Waals surface area contributed by atoms with Crippen LogP contribution >= 0.6 is 15.9 Å².